The summed E-state index contributed by atoms with van der Waals surface area (Å²) < 4.78 is 1.24. The van der Waals surface area contributed by atoms with E-state index in [2.05, 4.69) is 4.98 Å². The number of benzene rings is 1. The minimum Gasteiger partial charge on any atom is -0.481 e. The third kappa shape index (κ3) is 6.02. The lowest BCUT2D eigenvalue weighted by molar-refractivity contribution is -0.142. The van der Waals surface area contributed by atoms with Crippen molar-refractivity contribution < 1.29 is 24.9 Å². The summed E-state index contributed by atoms with van der Waals surface area (Å²) in [6.07, 6.45) is 2.38. The van der Waals surface area contributed by atoms with Gasteiger partial charge in [0.25, 0.3) is 5.56 Å². The normalized spacial score (nSPS) is 24.7. The van der Waals surface area contributed by atoms with Gasteiger partial charge < -0.3 is 20.2 Å². The van der Waals surface area contributed by atoms with Crippen molar-refractivity contribution in [3.05, 3.63) is 68.5 Å². The molecule has 1 aromatic carbocycles. The van der Waals surface area contributed by atoms with Crippen molar-refractivity contribution in [2.75, 3.05) is 6.54 Å². The average molecular weight is 514 g/mol. The van der Waals surface area contributed by atoms with Gasteiger partial charge in [-0.05, 0) is 37.2 Å². The zero-order valence-electron chi connectivity index (χ0n) is 21.0. The topological polar surface area (TPSA) is 153 Å². The number of aliphatic hydroxyl groups excluding tert-OH is 2. The molecule has 0 bridgehead atoms. The number of aryl methyl sites for hydroxylation is 1. The van der Waals surface area contributed by atoms with Gasteiger partial charge in [-0.1, -0.05) is 43.2 Å². The van der Waals surface area contributed by atoms with Crippen LogP contribution in [0.4, 0.5) is 0 Å². The molecular formula is C27H35N3O7. The number of amides is 1. The second kappa shape index (κ2) is 11.0. The van der Waals surface area contributed by atoms with Crippen molar-refractivity contribution in [1.82, 2.24) is 14.5 Å². The Kier molecular flexibility index (Phi) is 7.99. The van der Waals surface area contributed by atoms with E-state index >= 15 is 0 Å². The van der Waals surface area contributed by atoms with Gasteiger partial charge in [-0.2, -0.15) is 0 Å². The number of hydrogen-bond acceptors (Lipinski definition) is 6. The molecule has 10 nitrogen and oxygen atoms in total. The van der Waals surface area contributed by atoms with Crippen LogP contribution >= 0.6 is 0 Å². The lowest BCUT2D eigenvalue weighted by Crippen LogP contribution is -2.41. The predicted molar refractivity (Wildman–Crippen MR) is 135 cm³/mol. The standard InChI is InChI=1S/C27H35N3O7/c1-17-14-30(26(37)28-25(17)36)20-11-19(23(34)24(20)35)16-29(15-18-7-3-2-4-8-18)21(31)12-27(13-22(32)33)9-5-6-10-27/h2-4,7-8,14,19-20,23-24,34-35H,5-6,9-13,15-16H2,1H3,(H,32,33)(H,28,36,37)/t19-,20+,23+,24+/m0/s1. The first-order chi connectivity index (χ1) is 17.6. The van der Waals surface area contributed by atoms with Gasteiger partial charge in [-0.3, -0.25) is 23.9 Å². The highest BCUT2D eigenvalue weighted by atomic mass is 16.4. The number of rotatable bonds is 9. The molecule has 37 heavy (non-hydrogen) atoms. The zero-order chi connectivity index (χ0) is 26.7. The Morgan fingerprint density at radius 3 is 2.41 bits per heavy atom. The van der Waals surface area contributed by atoms with Crippen LogP contribution in [0.5, 0.6) is 0 Å². The summed E-state index contributed by atoms with van der Waals surface area (Å²) in [5, 5.41) is 31.2. The average Bonchev–Trinajstić information content (AvgIpc) is 3.40. The molecular weight excluding hydrogens is 478 g/mol. The Labute approximate surface area is 214 Å². The number of aromatic amines is 1. The van der Waals surface area contributed by atoms with Crippen LogP contribution in [0.15, 0.2) is 46.1 Å². The fourth-order valence-corrected chi connectivity index (χ4v) is 6.02. The molecule has 1 amide bonds. The van der Waals surface area contributed by atoms with Crippen LogP contribution in [-0.4, -0.2) is 60.4 Å². The summed E-state index contributed by atoms with van der Waals surface area (Å²) in [7, 11) is 0. The van der Waals surface area contributed by atoms with E-state index in [4.69, 9.17) is 0 Å². The maximum Gasteiger partial charge on any atom is 0.328 e. The van der Waals surface area contributed by atoms with Gasteiger partial charge >= 0.3 is 11.7 Å². The highest BCUT2D eigenvalue weighted by molar-refractivity contribution is 5.78. The monoisotopic (exact) mass is 513 g/mol. The van der Waals surface area contributed by atoms with E-state index < -0.39 is 46.8 Å². The van der Waals surface area contributed by atoms with Gasteiger partial charge in [0.1, 0.15) is 6.10 Å². The molecule has 4 atom stereocenters. The van der Waals surface area contributed by atoms with Gasteiger partial charge in [0, 0.05) is 37.2 Å². The number of carbonyl (C=O) groups excluding carboxylic acids is 1. The lowest BCUT2D eigenvalue weighted by atomic mass is 9.79. The number of carbonyl (C=O) groups is 2. The Hall–Kier alpha value is -3.24. The third-order valence-electron chi connectivity index (χ3n) is 8.02. The second-order valence-electron chi connectivity index (χ2n) is 10.7. The Bertz CT molecular complexity index is 1230. The van der Waals surface area contributed by atoms with Gasteiger partial charge in [-0.25, -0.2) is 4.79 Å². The van der Waals surface area contributed by atoms with Crippen LogP contribution in [0, 0.1) is 18.3 Å². The van der Waals surface area contributed by atoms with Crippen molar-refractivity contribution >= 4 is 11.9 Å². The van der Waals surface area contributed by atoms with Crippen LogP contribution in [-0.2, 0) is 16.1 Å². The quantitative estimate of drug-likeness (QED) is 0.397. The minimum atomic E-state index is -1.25. The first-order valence-corrected chi connectivity index (χ1v) is 12.8. The van der Waals surface area contributed by atoms with E-state index in [-0.39, 0.29) is 38.3 Å². The number of hydrogen-bond donors (Lipinski definition) is 4. The first kappa shape index (κ1) is 26.8. The van der Waals surface area contributed by atoms with Gasteiger partial charge in [0.15, 0.2) is 0 Å². The number of nitrogens with one attached hydrogen (secondary N) is 1. The van der Waals surface area contributed by atoms with Crippen LogP contribution in [0.25, 0.3) is 0 Å². The van der Waals surface area contributed by atoms with Gasteiger partial charge in [0.2, 0.25) is 5.91 Å². The first-order valence-electron chi connectivity index (χ1n) is 12.8. The number of aliphatic hydroxyl groups is 2. The summed E-state index contributed by atoms with van der Waals surface area (Å²) in [5.74, 6) is -1.62. The molecule has 2 aliphatic carbocycles. The smallest absolute Gasteiger partial charge is 0.328 e. The molecule has 0 radical (unpaired) electrons. The number of H-pyrrole nitrogens is 1. The maximum absolute atomic E-state index is 13.6. The van der Waals surface area contributed by atoms with Gasteiger partial charge in [0.05, 0.1) is 18.6 Å². The molecule has 1 aromatic heterocycles. The summed E-state index contributed by atoms with van der Waals surface area (Å²) >= 11 is 0. The summed E-state index contributed by atoms with van der Waals surface area (Å²) in [6, 6.07) is 8.65. The van der Waals surface area contributed by atoms with Crippen molar-refractivity contribution in [2.24, 2.45) is 11.3 Å². The molecule has 0 unspecified atom stereocenters. The Morgan fingerprint density at radius 1 is 1.08 bits per heavy atom. The van der Waals surface area contributed by atoms with Crippen molar-refractivity contribution in [2.45, 2.75) is 76.7 Å². The molecule has 2 aromatic rings. The fraction of sp³-hybridized carbons (Fsp3) is 0.556. The molecule has 10 heteroatoms. The highest BCUT2D eigenvalue weighted by Crippen LogP contribution is 2.45. The maximum atomic E-state index is 13.6. The SMILES string of the molecule is Cc1cn([C@@H]2C[C@@H](CN(Cc3ccccc3)C(=O)CC3(CC(=O)O)CCCC3)[C@@H](O)[C@@H]2O)c(=O)[nH]c1=O. The number of carboxylic acids is 1. The second-order valence-corrected chi connectivity index (χ2v) is 10.7. The van der Waals surface area contributed by atoms with Crippen molar-refractivity contribution in [3.63, 3.8) is 0 Å². The number of carboxylic acid groups (broad SMARTS) is 1. The van der Waals surface area contributed by atoms with E-state index in [9.17, 15) is 34.5 Å². The molecule has 2 fully saturated rings. The number of aliphatic carboxylic acids is 1. The molecule has 2 aliphatic rings. The van der Waals surface area contributed by atoms with Crippen LogP contribution < -0.4 is 11.2 Å². The zero-order valence-corrected chi connectivity index (χ0v) is 21.0. The van der Waals surface area contributed by atoms with Crippen LogP contribution in [0.3, 0.4) is 0 Å². The molecule has 4 N–H and O–H groups in total. The lowest BCUT2D eigenvalue weighted by Gasteiger charge is -2.32. The van der Waals surface area contributed by atoms with E-state index in [0.29, 0.717) is 18.4 Å². The minimum absolute atomic E-state index is 0.0563. The summed E-state index contributed by atoms with van der Waals surface area (Å²) in [6.45, 7) is 1.98. The molecule has 4 rings (SSSR count). The molecule has 0 aliphatic heterocycles. The third-order valence-corrected chi connectivity index (χ3v) is 8.02. The highest BCUT2D eigenvalue weighted by Gasteiger charge is 2.45. The van der Waals surface area contributed by atoms with E-state index in [1.165, 1.54) is 10.8 Å². The fourth-order valence-electron chi connectivity index (χ4n) is 6.02. The Balaban J connectivity index is 1.57. The van der Waals surface area contributed by atoms with Crippen LogP contribution in [0.2, 0.25) is 0 Å². The van der Waals surface area contributed by atoms with E-state index in [0.717, 1.165) is 18.4 Å². The van der Waals surface area contributed by atoms with E-state index in [1.54, 1.807) is 11.8 Å². The van der Waals surface area contributed by atoms with Crippen molar-refractivity contribution in [3.8, 4) is 0 Å². The summed E-state index contributed by atoms with van der Waals surface area (Å²) in [4.78, 5) is 53.3. The van der Waals surface area contributed by atoms with E-state index in [1.807, 2.05) is 30.3 Å². The molecule has 1 heterocycles. The molecule has 200 valence electrons. The molecule has 0 saturated heterocycles. The van der Waals surface area contributed by atoms with Crippen LogP contribution in [0.1, 0.15) is 62.1 Å². The van der Waals surface area contributed by atoms with Gasteiger partial charge in [-0.15, -0.1) is 0 Å². The number of nitrogens with zero attached hydrogens (tertiary/aromatic N) is 2. The summed E-state index contributed by atoms with van der Waals surface area (Å²) in [5.41, 5.74) is -0.540. The van der Waals surface area contributed by atoms with Crippen molar-refractivity contribution in [1.29, 1.82) is 0 Å². The largest absolute Gasteiger partial charge is 0.481 e. The predicted octanol–water partition coefficient (Wildman–Crippen LogP) is 1.58. The molecule has 2 saturated carbocycles. The number of aromatic nitrogens is 2. The Morgan fingerprint density at radius 2 is 1.76 bits per heavy atom. The molecule has 0 spiro atoms.